The fraction of sp³-hybridized carbons (Fsp3) is 0.364. The molecule has 2 rings (SSSR count). The number of hydrogen-bond donors (Lipinski definition) is 2. The molecule has 0 unspecified atom stereocenters. The highest BCUT2D eigenvalue weighted by Gasteiger charge is 2.20. The van der Waals surface area contributed by atoms with Gasteiger partial charge in [0.15, 0.2) is 0 Å². The maximum absolute atomic E-state index is 10.9. The first-order valence-electron chi connectivity index (χ1n) is 4.77. The van der Waals surface area contributed by atoms with E-state index in [1.807, 2.05) is 6.07 Å². The number of fused-ring (bicyclic) bond motifs is 1. The van der Waals surface area contributed by atoms with Crippen LogP contribution in [0.1, 0.15) is 34.3 Å². The van der Waals surface area contributed by atoms with Crippen molar-refractivity contribution in [2.45, 2.75) is 25.7 Å². The molecule has 1 aliphatic rings. The second-order valence-corrected chi connectivity index (χ2v) is 3.61. The van der Waals surface area contributed by atoms with Crippen LogP contribution in [-0.4, -0.2) is 16.2 Å². The highest BCUT2D eigenvalue weighted by atomic mass is 16.4. The standard InChI is InChI=1S/C11H12O3/c12-9-6-5-7-3-1-2-4-8(7)10(9)11(13)14/h5-6,12H,1-4H2,(H,13,14). The lowest BCUT2D eigenvalue weighted by molar-refractivity contribution is 0.0692. The van der Waals surface area contributed by atoms with Gasteiger partial charge >= 0.3 is 5.97 Å². The summed E-state index contributed by atoms with van der Waals surface area (Å²) in [6, 6.07) is 3.31. The highest BCUT2D eigenvalue weighted by Crippen LogP contribution is 2.30. The zero-order chi connectivity index (χ0) is 10.1. The maximum Gasteiger partial charge on any atom is 0.339 e. The topological polar surface area (TPSA) is 57.5 Å². The number of phenols is 1. The number of aromatic carboxylic acids is 1. The Morgan fingerprint density at radius 2 is 1.93 bits per heavy atom. The van der Waals surface area contributed by atoms with Gasteiger partial charge in [-0.3, -0.25) is 0 Å². The fourth-order valence-corrected chi connectivity index (χ4v) is 2.05. The van der Waals surface area contributed by atoms with Crippen LogP contribution in [0.3, 0.4) is 0 Å². The van der Waals surface area contributed by atoms with Crippen LogP contribution in [0.5, 0.6) is 5.75 Å². The van der Waals surface area contributed by atoms with Crippen molar-refractivity contribution in [1.29, 1.82) is 0 Å². The Balaban J connectivity index is 2.60. The summed E-state index contributed by atoms with van der Waals surface area (Å²) < 4.78 is 0. The van der Waals surface area contributed by atoms with E-state index in [4.69, 9.17) is 5.11 Å². The first-order chi connectivity index (χ1) is 6.70. The molecule has 1 aromatic carbocycles. The molecule has 0 heterocycles. The zero-order valence-corrected chi connectivity index (χ0v) is 7.79. The Hall–Kier alpha value is -1.51. The van der Waals surface area contributed by atoms with Crippen molar-refractivity contribution in [3.8, 4) is 5.75 Å². The summed E-state index contributed by atoms with van der Waals surface area (Å²) >= 11 is 0. The summed E-state index contributed by atoms with van der Waals surface area (Å²) in [7, 11) is 0. The minimum Gasteiger partial charge on any atom is -0.507 e. The maximum atomic E-state index is 10.9. The molecule has 1 aromatic rings. The van der Waals surface area contributed by atoms with Crippen LogP contribution < -0.4 is 0 Å². The third-order valence-corrected chi connectivity index (χ3v) is 2.72. The summed E-state index contributed by atoms with van der Waals surface area (Å²) in [5.74, 6) is -1.14. The molecule has 0 aromatic heterocycles. The molecule has 0 bridgehead atoms. The molecule has 2 N–H and O–H groups in total. The van der Waals surface area contributed by atoms with Crippen LogP contribution >= 0.6 is 0 Å². The van der Waals surface area contributed by atoms with Crippen LogP contribution in [0.4, 0.5) is 0 Å². The van der Waals surface area contributed by atoms with Gasteiger partial charge in [0.1, 0.15) is 11.3 Å². The van der Waals surface area contributed by atoms with Gasteiger partial charge in [-0.1, -0.05) is 6.07 Å². The molecule has 3 heteroatoms. The second kappa shape index (κ2) is 3.33. The van der Waals surface area contributed by atoms with Gasteiger partial charge in [0.05, 0.1) is 0 Å². The molecule has 0 radical (unpaired) electrons. The first kappa shape index (κ1) is 9.06. The zero-order valence-electron chi connectivity index (χ0n) is 7.79. The second-order valence-electron chi connectivity index (χ2n) is 3.61. The number of carboxylic acid groups (broad SMARTS) is 1. The molecule has 0 amide bonds. The summed E-state index contributed by atoms with van der Waals surface area (Å²) in [4.78, 5) is 10.9. The molecule has 0 saturated heterocycles. The van der Waals surface area contributed by atoms with Gasteiger partial charge in [0.2, 0.25) is 0 Å². The summed E-state index contributed by atoms with van der Waals surface area (Å²) in [6.07, 6.45) is 3.81. The Morgan fingerprint density at radius 1 is 1.21 bits per heavy atom. The van der Waals surface area contributed by atoms with Crippen molar-refractivity contribution in [2.24, 2.45) is 0 Å². The lowest BCUT2D eigenvalue weighted by Gasteiger charge is -2.18. The van der Waals surface area contributed by atoms with E-state index >= 15 is 0 Å². The van der Waals surface area contributed by atoms with E-state index in [0.717, 1.165) is 36.8 Å². The molecule has 3 nitrogen and oxygen atoms in total. The molecular weight excluding hydrogens is 180 g/mol. The van der Waals surface area contributed by atoms with Crippen molar-refractivity contribution in [3.63, 3.8) is 0 Å². The van der Waals surface area contributed by atoms with E-state index < -0.39 is 5.97 Å². The molecule has 1 aliphatic carbocycles. The third-order valence-electron chi connectivity index (χ3n) is 2.72. The number of carboxylic acids is 1. The van der Waals surface area contributed by atoms with Crippen molar-refractivity contribution >= 4 is 5.97 Å². The number of rotatable bonds is 1. The first-order valence-corrected chi connectivity index (χ1v) is 4.77. The number of aryl methyl sites for hydroxylation is 1. The predicted molar refractivity (Wildman–Crippen MR) is 51.7 cm³/mol. The molecule has 74 valence electrons. The minimum atomic E-state index is -1.03. The monoisotopic (exact) mass is 192 g/mol. The van der Waals surface area contributed by atoms with Crippen LogP contribution in [0.15, 0.2) is 12.1 Å². The normalized spacial score (nSPS) is 14.9. The molecule has 0 atom stereocenters. The van der Waals surface area contributed by atoms with E-state index in [1.165, 1.54) is 6.07 Å². The molecule has 0 spiro atoms. The summed E-state index contributed by atoms with van der Waals surface area (Å²) in [5.41, 5.74) is 2.00. The number of carbonyl (C=O) groups is 1. The molecule has 0 saturated carbocycles. The largest absolute Gasteiger partial charge is 0.507 e. The van der Waals surface area contributed by atoms with Gasteiger partial charge in [-0.05, 0) is 42.9 Å². The van der Waals surface area contributed by atoms with E-state index in [1.54, 1.807) is 0 Å². The average Bonchev–Trinajstić information content (AvgIpc) is 2.17. The number of aromatic hydroxyl groups is 1. The smallest absolute Gasteiger partial charge is 0.339 e. The van der Waals surface area contributed by atoms with Gasteiger partial charge in [0.25, 0.3) is 0 Å². The lowest BCUT2D eigenvalue weighted by atomic mass is 9.88. The van der Waals surface area contributed by atoms with E-state index in [2.05, 4.69) is 0 Å². The summed E-state index contributed by atoms with van der Waals surface area (Å²) in [6.45, 7) is 0. The molecule has 0 aliphatic heterocycles. The van der Waals surface area contributed by atoms with Gasteiger partial charge in [-0.2, -0.15) is 0 Å². The lowest BCUT2D eigenvalue weighted by Crippen LogP contribution is -2.10. The molecule has 0 fully saturated rings. The van der Waals surface area contributed by atoms with E-state index in [0.29, 0.717) is 0 Å². The minimum absolute atomic E-state index is 0.0993. The van der Waals surface area contributed by atoms with Crippen LogP contribution in [-0.2, 0) is 12.8 Å². The van der Waals surface area contributed by atoms with E-state index in [-0.39, 0.29) is 11.3 Å². The quantitative estimate of drug-likeness (QED) is 0.715. The average molecular weight is 192 g/mol. The molecule has 14 heavy (non-hydrogen) atoms. The van der Waals surface area contributed by atoms with Crippen LogP contribution in [0.25, 0.3) is 0 Å². The Bertz CT molecular complexity index is 382. The van der Waals surface area contributed by atoms with Gasteiger partial charge < -0.3 is 10.2 Å². The highest BCUT2D eigenvalue weighted by molar-refractivity contribution is 5.93. The predicted octanol–water partition coefficient (Wildman–Crippen LogP) is 1.97. The van der Waals surface area contributed by atoms with Gasteiger partial charge in [-0.25, -0.2) is 4.79 Å². The molecular formula is C11H12O3. The Labute approximate surface area is 82.0 Å². The van der Waals surface area contributed by atoms with Gasteiger partial charge in [-0.15, -0.1) is 0 Å². The van der Waals surface area contributed by atoms with Crippen LogP contribution in [0.2, 0.25) is 0 Å². The Morgan fingerprint density at radius 3 is 2.64 bits per heavy atom. The van der Waals surface area contributed by atoms with Gasteiger partial charge in [0, 0.05) is 0 Å². The van der Waals surface area contributed by atoms with Crippen molar-refractivity contribution in [3.05, 3.63) is 28.8 Å². The Kier molecular flexibility index (Phi) is 2.15. The van der Waals surface area contributed by atoms with Crippen molar-refractivity contribution in [2.75, 3.05) is 0 Å². The van der Waals surface area contributed by atoms with Crippen LogP contribution in [0, 0.1) is 0 Å². The summed E-state index contributed by atoms with van der Waals surface area (Å²) in [5, 5.41) is 18.4. The third kappa shape index (κ3) is 1.35. The number of benzene rings is 1. The SMILES string of the molecule is O=C(O)c1c(O)ccc2c1CCCC2. The van der Waals surface area contributed by atoms with E-state index in [9.17, 15) is 9.90 Å². The number of hydrogen-bond acceptors (Lipinski definition) is 2. The van der Waals surface area contributed by atoms with Crippen molar-refractivity contribution < 1.29 is 15.0 Å². The van der Waals surface area contributed by atoms with Crippen molar-refractivity contribution in [1.82, 2.24) is 0 Å². The fourth-order valence-electron chi connectivity index (χ4n) is 2.05.